The number of likely N-dealkylation sites (tertiary alicyclic amines) is 1. The molecule has 0 saturated carbocycles. The highest BCUT2D eigenvalue weighted by Crippen LogP contribution is 2.22. The van der Waals surface area contributed by atoms with Crippen LogP contribution in [0.4, 0.5) is 0 Å². The lowest BCUT2D eigenvalue weighted by Gasteiger charge is -2.36. The second-order valence-electron chi connectivity index (χ2n) is 6.46. The van der Waals surface area contributed by atoms with Crippen molar-refractivity contribution in [3.63, 3.8) is 0 Å². The Hall–Kier alpha value is -0.610. The van der Waals surface area contributed by atoms with Crippen LogP contribution in [-0.2, 0) is 9.53 Å². The molecule has 0 aromatic heterocycles. The molecule has 0 aromatic rings. The SMILES string of the molecule is CCOC(=O)C(CCN1CCC(C)C(C)C1)NC(C)C. The maximum Gasteiger partial charge on any atom is 0.323 e. The van der Waals surface area contributed by atoms with Crippen LogP contribution in [0, 0.1) is 11.8 Å². The third-order valence-corrected chi connectivity index (χ3v) is 4.26. The zero-order valence-corrected chi connectivity index (χ0v) is 13.8. The minimum Gasteiger partial charge on any atom is -0.465 e. The minimum atomic E-state index is -0.176. The normalized spacial score (nSPS) is 25.7. The standard InChI is InChI=1S/C16H32N2O2/c1-6-20-16(19)15(17-12(2)3)8-10-18-9-7-13(4)14(5)11-18/h12-15,17H,6-11H2,1-5H3. The summed E-state index contributed by atoms with van der Waals surface area (Å²) < 4.78 is 5.16. The maximum atomic E-state index is 12.0. The van der Waals surface area contributed by atoms with Gasteiger partial charge >= 0.3 is 5.97 Å². The number of carbonyl (C=O) groups is 1. The first-order chi connectivity index (χ1) is 9.43. The molecule has 3 atom stereocenters. The zero-order chi connectivity index (χ0) is 15.1. The van der Waals surface area contributed by atoms with Crippen LogP contribution in [0.5, 0.6) is 0 Å². The molecule has 1 saturated heterocycles. The lowest BCUT2D eigenvalue weighted by molar-refractivity contribution is -0.146. The molecule has 0 radical (unpaired) electrons. The van der Waals surface area contributed by atoms with Gasteiger partial charge in [-0.15, -0.1) is 0 Å². The van der Waals surface area contributed by atoms with E-state index in [1.54, 1.807) is 0 Å². The van der Waals surface area contributed by atoms with Crippen molar-refractivity contribution in [3.05, 3.63) is 0 Å². The van der Waals surface area contributed by atoms with Crippen LogP contribution >= 0.6 is 0 Å². The third-order valence-electron chi connectivity index (χ3n) is 4.26. The lowest BCUT2D eigenvalue weighted by atomic mass is 9.88. The number of nitrogens with one attached hydrogen (secondary N) is 1. The molecular weight excluding hydrogens is 252 g/mol. The Kier molecular flexibility index (Phi) is 7.52. The van der Waals surface area contributed by atoms with Crippen molar-refractivity contribution in [2.24, 2.45) is 11.8 Å². The summed E-state index contributed by atoms with van der Waals surface area (Å²) in [5.41, 5.74) is 0. The Morgan fingerprint density at radius 1 is 1.35 bits per heavy atom. The smallest absolute Gasteiger partial charge is 0.323 e. The van der Waals surface area contributed by atoms with Gasteiger partial charge in [0.25, 0.3) is 0 Å². The van der Waals surface area contributed by atoms with Crippen LogP contribution in [-0.4, -0.2) is 49.2 Å². The number of nitrogens with zero attached hydrogens (tertiary/aromatic N) is 1. The molecule has 4 nitrogen and oxygen atoms in total. The molecule has 20 heavy (non-hydrogen) atoms. The highest BCUT2D eigenvalue weighted by Gasteiger charge is 2.25. The first-order valence-corrected chi connectivity index (χ1v) is 8.09. The van der Waals surface area contributed by atoms with E-state index in [0.29, 0.717) is 12.6 Å². The predicted molar refractivity (Wildman–Crippen MR) is 82.7 cm³/mol. The molecule has 1 aliphatic heterocycles. The van der Waals surface area contributed by atoms with E-state index in [0.717, 1.165) is 37.9 Å². The fourth-order valence-electron chi connectivity index (χ4n) is 2.78. The summed E-state index contributed by atoms with van der Waals surface area (Å²) in [5, 5.41) is 3.32. The largest absolute Gasteiger partial charge is 0.465 e. The Bertz CT molecular complexity index is 294. The predicted octanol–water partition coefficient (Wildman–Crippen LogP) is 2.28. The van der Waals surface area contributed by atoms with Crippen molar-refractivity contribution in [2.75, 3.05) is 26.2 Å². The van der Waals surface area contributed by atoms with E-state index in [1.807, 2.05) is 6.92 Å². The van der Waals surface area contributed by atoms with Gasteiger partial charge in [0.2, 0.25) is 0 Å². The van der Waals surface area contributed by atoms with Crippen molar-refractivity contribution in [3.8, 4) is 0 Å². The topological polar surface area (TPSA) is 41.6 Å². The van der Waals surface area contributed by atoms with Crippen LogP contribution in [0.2, 0.25) is 0 Å². The van der Waals surface area contributed by atoms with Crippen molar-refractivity contribution >= 4 is 5.97 Å². The zero-order valence-electron chi connectivity index (χ0n) is 13.8. The maximum absolute atomic E-state index is 12.0. The highest BCUT2D eigenvalue weighted by molar-refractivity contribution is 5.75. The van der Waals surface area contributed by atoms with Gasteiger partial charge < -0.3 is 15.0 Å². The fraction of sp³-hybridized carbons (Fsp3) is 0.938. The fourth-order valence-corrected chi connectivity index (χ4v) is 2.78. The molecule has 0 spiro atoms. The van der Waals surface area contributed by atoms with Gasteiger partial charge in [0.1, 0.15) is 6.04 Å². The summed E-state index contributed by atoms with van der Waals surface area (Å²) >= 11 is 0. The van der Waals surface area contributed by atoms with E-state index in [1.165, 1.54) is 6.42 Å². The van der Waals surface area contributed by atoms with Gasteiger partial charge in [0.05, 0.1) is 6.61 Å². The molecular formula is C16H32N2O2. The highest BCUT2D eigenvalue weighted by atomic mass is 16.5. The summed E-state index contributed by atoms with van der Waals surface area (Å²) in [4.78, 5) is 14.4. The van der Waals surface area contributed by atoms with E-state index in [2.05, 4.69) is 37.9 Å². The lowest BCUT2D eigenvalue weighted by Crippen LogP contribution is -2.46. The first-order valence-electron chi connectivity index (χ1n) is 8.09. The second kappa shape index (κ2) is 8.63. The van der Waals surface area contributed by atoms with Crippen molar-refractivity contribution < 1.29 is 9.53 Å². The van der Waals surface area contributed by atoms with Gasteiger partial charge in [0.15, 0.2) is 0 Å². The minimum absolute atomic E-state index is 0.111. The number of rotatable bonds is 7. The van der Waals surface area contributed by atoms with Crippen LogP contribution in [0.3, 0.4) is 0 Å². The monoisotopic (exact) mass is 284 g/mol. The van der Waals surface area contributed by atoms with E-state index in [4.69, 9.17) is 4.74 Å². The number of hydrogen-bond donors (Lipinski definition) is 1. The molecule has 0 aliphatic carbocycles. The molecule has 0 aromatic carbocycles. The van der Waals surface area contributed by atoms with Gasteiger partial charge in [-0.2, -0.15) is 0 Å². The second-order valence-corrected chi connectivity index (χ2v) is 6.46. The van der Waals surface area contributed by atoms with Crippen LogP contribution in [0.15, 0.2) is 0 Å². The van der Waals surface area contributed by atoms with Crippen molar-refractivity contribution in [1.29, 1.82) is 0 Å². The summed E-state index contributed by atoms with van der Waals surface area (Å²) in [5.74, 6) is 1.46. The molecule has 4 heteroatoms. The van der Waals surface area contributed by atoms with Gasteiger partial charge in [0, 0.05) is 19.1 Å². The molecule has 118 valence electrons. The molecule has 1 fully saturated rings. The number of piperidine rings is 1. The summed E-state index contributed by atoms with van der Waals surface area (Å²) in [6, 6.07) is 0.120. The Morgan fingerprint density at radius 3 is 2.60 bits per heavy atom. The molecule has 1 heterocycles. The Labute approximate surface area is 124 Å². The van der Waals surface area contributed by atoms with Gasteiger partial charge in [-0.3, -0.25) is 4.79 Å². The van der Waals surface area contributed by atoms with E-state index in [9.17, 15) is 4.79 Å². The van der Waals surface area contributed by atoms with Crippen LogP contribution < -0.4 is 5.32 Å². The molecule has 0 amide bonds. The molecule has 1 rings (SSSR count). The van der Waals surface area contributed by atoms with E-state index in [-0.39, 0.29) is 12.0 Å². The summed E-state index contributed by atoms with van der Waals surface area (Å²) in [6.07, 6.45) is 2.10. The third kappa shape index (κ3) is 5.80. The Morgan fingerprint density at radius 2 is 2.05 bits per heavy atom. The average Bonchev–Trinajstić information content (AvgIpc) is 2.38. The van der Waals surface area contributed by atoms with E-state index >= 15 is 0 Å². The van der Waals surface area contributed by atoms with Crippen molar-refractivity contribution in [2.45, 2.75) is 59.5 Å². The summed E-state index contributed by atoms with van der Waals surface area (Å²) in [6.45, 7) is 14.4. The average molecular weight is 284 g/mol. The number of hydrogen-bond acceptors (Lipinski definition) is 4. The molecule has 3 unspecified atom stereocenters. The van der Waals surface area contributed by atoms with Gasteiger partial charge in [-0.1, -0.05) is 27.7 Å². The number of ether oxygens (including phenoxy) is 1. The first kappa shape index (κ1) is 17.4. The molecule has 0 bridgehead atoms. The van der Waals surface area contributed by atoms with Gasteiger partial charge in [-0.25, -0.2) is 0 Å². The van der Waals surface area contributed by atoms with E-state index < -0.39 is 0 Å². The van der Waals surface area contributed by atoms with Crippen LogP contribution in [0.25, 0.3) is 0 Å². The van der Waals surface area contributed by atoms with Crippen molar-refractivity contribution in [1.82, 2.24) is 10.2 Å². The number of esters is 1. The molecule has 1 N–H and O–H groups in total. The number of carbonyl (C=O) groups excluding carboxylic acids is 1. The van der Waals surface area contributed by atoms with Gasteiger partial charge in [-0.05, 0) is 38.1 Å². The summed E-state index contributed by atoms with van der Waals surface area (Å²) in [7, 11) is 0. The quantitative estimate of drug-likeness (QED) is 0.728. The van der Waals surface area contributed by atoms with Crippen LogP contribution in [0.1, 0.15) is 47.5 Å². The Balaban J connectivity index is 2.43. The molecule has 1 aliphatic rings.